The molecule has 0 aliphatic carbocycles. The maximum Gasteiger partial charge on any atom is 0.169 e. The summed E-state index contributed by atoms with van der Waals surface area (Å²) in [5.74, 6) is 0.897. The zero-order valence-electron chi connectivity index (χ0n) is 13.7. The van der Waals surface area contributed by atoms with Gasteiger partial charge in [-0.1, -0.05) is 31.2 Å². The minimum Gasteiger partial charge on any atom is -0.497 e. The second kappa shape index (κ2) is 7.79. The molecule has 1 unspecified atom stereocenters. The van der Waals surface area contributed by atoms with E-state index in [1.54, 1.807) is 25.3 Å². The van der Waals surface area contributed by atoms with E-state index in [9.17, 15) is 9.90 Å². The van der Waals surface area contributed by atoms with Gasteiger partial charge in [-0.25, -0.2) is 0 Å². The van der Waals surface area contributed by atoms with Gasteiger partial charge < -0.3 is 14.6 Å². The van der Waals surface area contributed by atoms with Crippen molar-refractivity contribution in [3.05, 3.63) is 59.2 Å². The topological polar surface area (TPSA) is 55.8 Å². The number of aliphatic hydroxyl groups is 1. The Morgan fingerprint density at radius 2 is 1.78 bits per heavy atom. The van der Waals surface area contributed by atoms with Gasteiger partial charge in [-0.05, 0) is 29.7 Å². The number of carbonyl (C=O) groups excluding carboxylic acids is 1. The Hall–Kier alpha value is -2.33. The summed E-state index contributed by atoms with van der Waals surface area (Å²) in [7, 11) is 3.06. The molecule has 1 atom stereocenters. The van der Waals surface area contributed by atoms with Crippen LogP contribution >= 0.6 is 0 Å². The number of carbonyl (C=O) groups is 1. The Morgan fingerprint density at radius 1 is 1.09 bits per heavy atom. The summed E-state index contributed by atoms with van der Waals surface area (Å²) < 4.78 is 10.4. The molecule has 0 saturated heterocycles. The van der Waals surface area contributed by atoms with Crippen molar-refractivity contribution in [2.24, 2.45) is 0 Å². The number of rotatable bonds is 7. The summed E-state index contributed by atoms with van der Waals surface area (Å²) >= 11 is 0. The molecule has 2 aromatic rings. The number of ketones is 1. The zero-order chi connectivity index (χ0) is 16.8. The van der Waals surface area contributed by atoms with E-state index < -0.39 is 6.10 Å². The molecule has 4 heteroatoms. The lowest BCUT2D eigenvalue weighted by Gasteiger charge is -2.13. The number of Topliss-reactive ketones (excluding diaryl/α,β-unsaturated/α-hetero) is 1. The van der Waals surface area contributed by atoms with Crippen LogP contribution in [0.15, 0.2) is 42.5 Å². The average molecular weight is 314 g/mol. The van der Waals surface area contributed by atoms with Gasteiger partial charge in [-0.2, -0.15) is 0 Å². The highest BCUT2D eigenvalue weighted by Gasteiger charge is 2.18. The highest BCUT2D eigenvalue weighted by molar-refractivity contribution is 5.99. The van der Waals surface area contributed by atoms with Crippen molar-refractivity contribution in [3.63, 3.8) is 0 Å². The maximum atomic E-state index is 12.5. The van der Waals surface area contributed by atoms with Crippen LogP contribution in [-0.4, -0.2) is 25.1 Å². The number of ether oxygens (including phenoxy) is 2. The molecule has 0 amide bonds. The van der Waals surface area contributed by atoms with Gasteiger partial charge in [0.05, 0.1) is 25.9 Å². The molecule has 4 nitrogen and oxygen atoms in total. The second-order valence-corrected chi connectivity index (χ2v) is 5.30. The summed E-state index contributed by atoms with van der Waals surface area (Å²) in [6.45, 7) is 2.07. The second-order valence-electron chi connectivity index (χ2n) is 5.30. The highest BCUT2D eigenvalue weighted by Crippen LogP contribution is 2.28. The normalized spacial score (nSPS) is 11.8. The number of methoxy groups -OCH3 is 2. The van der Waals surface area contributed by atoms with Crippen molar-refractivity contribution >= 4 is 5.78 Å². The smallest absolute Gasteiger partial charge is 0.169 e. The third-order valence-corrected chi connectivity index (χ3v) is 3.86. The van der Waals surface area contributed by atoms with Crippen LogP contribution in [0.3, 0.4) is 0 Å². The van der Waals surface area contributed by atoms with Crippen molar-refractivity contribution in [3.8, 4) is 11.5 Å². The van der Waals surface area contributed by atoms with E-state index in [-0.39, 0.29) is 12.2 Å². The Labute approximate surface area is 136 Å². The van der Waals surface area contributed by atoms with E-state index in [1.165, 1.54) is 12.7 Å². The first kappa shape index (κ1) is 17.0. The first-order chi connectivity index (χ1) is 11.1. The summed E-state index contributed by atoms with van der Waals surface area (Å²) in [4.78, 5) is 12.5. The maximum absolute atomic E-state index is 12.5. The third kappa shape index (κ3) is 4.11. The van der Waals surface area contributed by atoms with Gasteiger partial charge in [0.15, 0.2) is 5.78 Å². The minimum atomic E-state index is -0.833. The van der Waals surface area contributed by atoms with E-state index in [4.69, 9.17) is 9.47 Å². The lowest BCUT2D eigenvalue weighted by molar-refractivity contribution is 0.0877. The Balaban J connectivity index is 2.14. The van der Waals surface area contributed by atoms with E-state index >= 15 is 0 Å². The molecule has 0 aromatic heterocycles. The molecule has 2 aromatic carbocycles. The third-order valence-electron chi connectivity index (χ3n) is 3.86. The van der Waals surface area contributed by atoms with Crippen molar-refractivity contribution in [2.75, 3.05) is 14.2 Å². The van der Waals surface area contributed by atoms with Crippen LogP contribution in [0.1, 0.15) is 40.9 Å². The number of hydrogen-bond acceptors (Lipinski definition) is 4. The lowest BCUT2D eigenvalue weighted by atomic mass is 9.98. The number of aryl methyl sites for hydroxylation is 1. The van der Waals surface area contributed by atoms with E-state index in [1.807, 2.05) is 24.3 Å². The lowest BCUT2D eigenvalue weighted by Crippen LogP contribution is -2.09. The monoisotopic (exact) mass is 314 g/mol. The van der Waals surface area contributed by atoms with Crippen LogP contribution in [0.2, 0.25) is 0 Å². The average Bonchev–Trinajstić information content (AvgIpc) is 2.60. The Morgan fingerprint density at radius 3 is 2.35 bits per heavy atom. The van der Waals surface area contributed by atoms with Crippen LogP contribution in [0.5, 0.6) is 11.5 Å². The predicted octanol–water partition coefficient (Wildman–Crippen LogP) is 3.57. The largest absolute Gasteiger partial charge is 0.497 e. The van der Waals surface area contributed by atoms with Crippen molar-refractivity contribution < 1.29 is 19.4 Å². The minimum absolute atomic E-state index is 0.00810. The number of benzene rings is 2. The molecule has 0 aliphatic rings. The van der Waals surface area contributed by atoms with Crippen molar-refractivity contribution in [2.45, 2.75) is 25.9 Å². The molecular formula is C19H22O4. The predicted molar refractivity (Wildman–Crippen MR) is 89.3 cm³/mol. The van der Waals surface area contributed by atoms with Crippen LogP contribution in [0.25, 0.3) is 0 Å². The van der Waals surface area contributed by atoms with E-state index in [0.29, 0.717) is 17.1 Å². The van der Waals surface area contributed by atoms with Gasteiger partial charge in [-0.3, -0.25) is 4.79 Å². The molecule has 122 valence electrons. The zero-order valence-corrected chi connectivity index (χ0v) is 13.7. The molecule has 0 heterocycles. The SMILES string of the molecule is CCc1ccc(C(O)CC(=O)c2ccc(OC)cc2OC)cc1. The van der Waals surface area contributed by atoms with E-state index in [2.05, 4.69) is 6.92 Å². The summed E-state index contributed by atoms with van der Waals surface area (Å²) in [5, 5.41) is 10.3. The molecule has 0 bridgehead atoms. The molecule has 0 radical (unpaired) electrons. The molecule has 0 saturated carbocycles. The van der Waals surface area contributed by atoms with Gasteiger partial charge in [0, 0.05) is 12.5 Å². The van der Waals surface area contributed by atoms with Gasteiger partial charge in [0.25, 0.3) is 0 Å². The standard InChI is InChI=1S/C19H22O4/c1-4-13-5-7-14(8-6-13)17(20)12-18(21)16-10-9-15(22-2)11-19(16)23-3/h5-11,17,20H,4,12H2,1-3H3. The van der Waals surface area contributed by atoms with Crippen LogP contribution in [0.4, 0.5) is 0 Å². The molecule has 2 rings (SSSR count). The fourth-order valence-corrected chi connectivity index (χ4v) is 2.41. The molecule has 0 aliphatic heterocycles. The first-order valence-electron chi connectivity index (χ1n) is 7.61. The van der Waals surface area contributed by atoms with Crippen LogP contribution < -0.4 is 9.47 Å². The molecule has 0 spiro atoms. The van der Waals surface area contributed by atoms with Crippen LogP contribution in [0, 0.1) is 0 Å². The Bertz CT molecular complexity index is 662. The summed E-state index contributed by atoms with van der Waals surface area (Å²) in [5.41, 5.74) is 2.38. The molecular weight excluding hydrogens is 292 g/mol. The van der Waals surface area contributed by atoms with Crippen LogP contribution in [-0.2, 0) is 6.42 Å². The fraction of sp³-hybridized carbons (Fsp3) is 0.316. The number of hydrogen-bond donors (Lipinski definition) is 1. The molecule has 1 N–H and O–H groups in total. The van der Waals surface area contributed by atoms with Gasteiger partial charge >= 0.3 is 0 Å². The van der Waals surface area contributed by atoms with Crippen molar-refractivity contribution in [1.82, 2.24) is 0 Å². The molecule has 23 heavy (non-hydrogen) atoms. The summed E-state index contributed by atoms with van der Waals surface area (Å²) in [6.07, 6.45) is 0.118. The quantitative estimate of drug-likeness (QED) is 0.794. The van der Waals surface area contributed by atoms with Gasteiger partial charge in [0.1, 0.15) is 11.5 Å². The summed E-state index contributed by atoms with van der Waals surface area (Å²) in [6, 6.07) is 12.7. The Kier molecular flexibility index (Phi) is 5.77. The van der Waals surface area contributed by atoms with Crippen molar-refractivity contribution in [1.29, 1.82) is 0 Å². The molecule has 0 fully saturated rings. The number of aliphatic hydroxyl groups excluding tert-OH is 1. The van der Waals surface area contributed by atoms with E-state index in [0.717, 1.165) is 12.0 Å². The fourth-order valence-electron chi connectivity index (χ4n) is 2.41. The highest BCUT2D eigenvalue weighted by atomic mass is 16.5. The van der Waals surface area contributed by atoms with Gasteiger partial charge in [0.2, 0.25) is 0 Å². The van der Waals surface area contributed by atoms with Gasteiger partial charge in [-0.15, -0.1) is 0 Å². The first-order valence-corrected chi connectivity index (χ1v) is 7.61.